The lowest BCUT2D eigenvalue weighted by molar-refractivity contribution is 1.16. The normalized spacial score (nSPS) is 10.0. The molecule has 11 heavy (non-hydrogen) atoms. The van der Waals surface area contributed by atoms with Crippen LogP contribution >= 0.6 is 22.5 Å². The van der Waals surface area contributed by atoms with Crippen LogP contribution in [0.5, 0.6) is 0 Å². The van der Waals surface area contributed by atoms with Crippen molar-refractivity contribution in [3.8, 4) is 0 Å². The molecule has 0 fully saturated rings. The molecule has 0 radical (unpaired) electrons. The van der Waals surface area contributed by atoms with Gasteiger partial charge in [0.25, 0.3) is 0 Å². The molecule has 0 aromatic heterocycles. The topological polar surface area (TPSA) is 0 Å². The molecule has 0 spiro atoms. The van der Waals surface area contributed by atoms with Crippen molar-refractivity contribution in [3.05, 3.63) is 35.4 Å². The summed E-state index contributed by atoms with van der Waals surface area (Å²) < 4.78 is 0. The minimum Gasteiger partial charge on any atom is -0.111 e. The standard InChI is InChI=1S/C9H12S2/c1-8-2-4-9(5-3-8)6-7-11-10/h2-5,10H,6-7H2,1H3. The quantitative estimate of drug-likeness (QED) is 0.556. The molecule has 0 heterocycles. The molecule has 0 aliphatic rings. The molecule has 0 saturated heterocycles. The van der Waals surface area contributed by atoms with Crippen LogP contribution in [0.2, 0.25) is 0 Å². The number of benzene rings is 1. The van der Waals surface area contributed by atoms with Crippen LogP contribution in [0.3, 0.4) is 0 Å². The lowest BCUT2D eigenvalue weighted by Crippen LogP contribution is -1.85. The molecule has 0 N–H and O–H groups in total. The van der Waals surface area contributed by atoms with Crippen LogP contribution in [0.15, 0.2) is 24.3 Å². The van der Waals surface area contributed by atoms with E-state index in [1.165, 1.54) is 11.1 Å². The summed E-state index contributed by atoms with van der Waals surface area (Å²) in [6, 6.07) is 8.66. The third-order valence-corrected chi connectivity index (χ3v) is 2.54. The van der Waals surface area contributed by atoms with Crippen LogP contribution in [0, 0.1) is 6.92 Å². The van der Waals surface area contributed by atoms with E-state index in [9.17, 15) is 0 Å². The maximum absolute atomic E-state index is 4.09. The Balaban J connectivity index is 2.52. The molecule has 1 rings (SSSR count). The van der Waals surface area contributed by atoms with Gasteiger partial charge in [-0.05, 0) is 18.9 Å². The molecule has 2 heteroatoms. The van der Waals surface area contributed by atoms with Crippen molar-refractivity contribution < 1.29 is 0 Å². The van der Waals surface area contributed by atoms with Gasteiger partial charge in [0.1, 0.15) is 0 Å². The summed E-state index contributed by atoms with van der Waals surface area (Å²) in [7, 11) is 1.60. The van der Waals surface area contributed by atoms with Crippen LogP contribution in [-0.4, -0.2) is 5.75 Å². The van der Waals surface area contributed by atoms with Crippen molar-refractivity contribution in [2.45, 2.75) is 13.3 Å². The van der Waals surface area contributed by atoms with Gasteiger partial charge in [0.15, 0.2) is 0 Å². The molecule has 0 saturated carbocycles. The molecule has 0 aliphatic heterocycles. The van der Waals surface area contributed by atoms with E-state index in [1.54, 1.807) is 10.8 Å². The van der Waals surface area contributed by atoms with E-state index in [0.29, 0.717) is 0 Å². The van der Waals surface area contributed by atoms with E-state index in [4.69, 9.17) is 0 Å². The van der Waals surface area contributed by atoms with Gasteiger partial charge in [-0.1, -0.05) is 40.6 Å². The first-order chi connectivity index (χ1) is 5.33. The molecule has 1 aromatic carbocycles. The van der Waals surface area contributed by atoms with Crippen molar-refractivity contribution >= 4 is 22.5 Å². The van der Waals surface area contributed by atoms with Crippen molar-refractivity contribution in [2.24, 2.45) is 0 Å². The smallest absolute Gasteiger partial charge is 0.00750 e. The highest BCUT2D eigenvalue weighted by Crippen LogP contribution is 2.10. The highest BCUT2D eigenvalue weighted by molar-refractivity contribution is 8.68. The predicted molar refractivity (Wildman–Crippen MR) is 56.3 cm³/mol. The van der Waals surface area contributed by atoms with E-state index >= 15 is 0 Å². The molecular weight excluding hydrogens is 172 g/mol. The van der Waals surface area contributed by atoms with Crippen molar-refractivity contribution in [2.75, 3.05) is 5.75 Å². The van der Waals surface area contributed by atoms with Gasteiger partial charge in [0.2, 0.25) is 0 Å². The fourth-order valence-corrected chi connectivity index (χ4v) is 1.52. The summed E-state index contributed by atoms with van der Waals surface area (Å²) in [5.41, 5.74) is 2.73. The summed E-state index contributed by atoms with van der Waals surface area (Å²) in [4.78, 5) is 0. The Morgan fingerprint density at radius 2 is 1.91 bits per heavy atom. The second-order valence-corrected chi connectivity index (χ2v) is 4.01. The second kappa shape index (κ2) is 4.73. The van der Waals surface area contributed by atoms with Gasteiger partial charge in [-0.25, -0.2) is 0 Å². The average Bonchev–Trinajstić information content (AvgIpc) is 2.04. The Morgan fingerprint density at radius 3 is 2.45 bits per heavy atom. The fraction of sp³-hybridized carbons (Fsp3) is 0.333. The van der Waals surface area contributed by atoms with Gasteiger partial charge >= 0.3 is 0 Å². The highest BCUT2D eigenvalue weighted by atomic mass is 33.1. The summed E-state index contributed by atoms with van der Waals surface area (Å²) in [6.45, 7) is 2.11. The maximum atomic E-state index is 4.09. The molecule has 1 aromatic rings. The van der Waals surface area contributed by atoms with Crippen LogP contribution in [-0.2, 0) is 6.42 Å². The van der Waals surface area contributed by atoms with Gasteiger partial charge in [-0.2, -0.15) is 0 Å². The molecule has 0 bridgehead atoms. The summed E-state index contributed by atoms with van der Waals surface area (Å²) in [5, 5.41) is 0. The van der Waals surface area contributed by atoms with Gasteiger partial charge < -0.3 is 0 Å². The Hall–Kier alpha value is -0.0800. The first kappa shape index (κ1) is 9.01. The Labute approximate surface area is 77.2 Å². The second-order valence-electron chi connectivity index (χ2n) is 2.57. The zero-order valence-electron chi connectivity index (χ0n) is 6.58. The molecule has 0 unspecified atom stereocenters. The van der Waals surface area contributed by atoms with Crippen molar-refractivity contribution in [3.63, 3.8) is 0 Å². The van der Waals surface area contributed by atoms with Crippen molar-refractivity contribution in [1.29, 1.82) is 0 Å². The fourth-order valence-electron chi connectivity index (χ4n) is 0.918. The zero-order valence-corrected chi connectivity index (χ0v) is 8.29. The maximum Gasteiger partial charge on any atom is 0.00750 e. The Kier molecular flexibility index (Phi) is 3.87. The van der Waals surface area contributed by atoms with Gasteiger partial charge in [0, 0.05) is 5.75 Å². The molecule has 0 atom stereocenters. The van der Waals surface area contributed by atoms with E-state index in [1.807, 2.05) is 0 Å². The van der Waals surface area contributed by atoms with Crippen LogP contribution < -0.4 is 0 Å². The first-order valence-corrected chi connectivity index (χ1v) is 5.68. The first-order valence-electron chi connectivity index (χ1n) is 3.65. The molecule has 0 aliphatic carbocycles. The largest absolute Gasteiger partial charge is 0.111 e. The molecule has 60 valence electrons. The highest BCUT2D eigenvalue weighted by Gasteiger charge is 1.90. The number of thiol groups is 1. The van der Waals surface area contributed by atoms with Crippen LogP contribution in [0.1, 0.15) is 11.1 Å². The third-order valence-electron chi connectivity index (χ3n) is 1.60. The lowest BCUT2D eigenvalue weighted by Gasteiger charge is -1.98. The Bertz CT molecular complexity index is 203. The Morgan fingerprint density at radius 1 is 1.27 bits per heavy atom. The van der Waals surface area contributed by atoms with E-state index in [0.717, 1.165) is 12.2 Å². The number of aryl methyl sites for hydroxylation is 2. The molecule has 0 nitrogen and oxygen atoms in total. The van der Waals surface area contributed by atoms with Gasteiger partial charge in [0.05, 0.1) is 0 Å². The average molecular weight is 184 g/mol. The molecule has 0 amide bonds. The molecular formula is C9H12S2. The predicted octanol–water partition coefficient (Wildman–Crippen LogP) is 3.12. The SMILES string of the molecule is Cc1ccc(CCSS)cc1. The number of rotatable bonds is 3. The van der Waals surface area contributed by atoms with E-state index < -0.39 is 0 Å². The summed E-state index contributed by atoms with van der Waals surface area (Å²) in [5.74, 6) is 1.09. The van der Waals surface area contributed by atoms with Crippen molar-refractivity contribution in [1.82, 2.24) is 0 Å². The summed E-state index contributed by atoms with van der Waals surface area (Å²) in [6.07, 6.45) is 1.12. The monoisotopic (exact) mass is 184 g/mol. The minimum absolute atomic E-state index is 1.09. The number of hydrogen-bond acceptors (Lipinski definition) is 2. The summed E-state index contributed by atoms with van der Waals surface area (Å²) >= 11 is 4.09. The van der Waals surface area contributed by atoms with Gasteiger partial charge in [-0.15, -0.1) is 11.7 Å². The lowest BCUT2D eigenvalue weighted by atomic mass is 10.1. The third kappa shape index (κ3) is 3.21. The minimum atomic E-state index is 1.09. The van der Waals surface area contributed by atoms with Crippen LogP contribution in [0.25, 0.3) is 0 Å². The van der Waals surface area contributed by atoms with E-state index in [2.05, 4.69) is 42.9 Å². The zero-order chi connectivity index (χ0) is 8.10. The van der Waals surface area contributed by atoms with Gasteiger partial charge in [-0.3, -0.25) is 0 Å². The number of hydrogen-bond donors (Lipinski definition) is 1. The van der Waals surface area contributed by atoms with Crippen LogP contribution in [0.4, 0.5) is 0 Å². The van der Waals surface area contributed by atoms with E-state index in [-0.39, 0.29) is 0 Å².